The molecule has 1 aliphatic rings. The Balaban J connectivity index is 1.79. The van der Waals surface area contributed by atoms with Crippen LogP contribution in [0, 0.1) is 0 Å². The second-order valence-corrected chi connectivity index (χ2v) is 3.42. The number of aromatic nitrogens is 3. The molecule has 0 N–H and O–H groups in total. The van der Waals surface area contributed by atoms with Crippen LogP contribution in [0.1, 0.15) is 18.7 Å². The SMILES string of the molecule is Cn1ncnc1COC1CCOCC1. The number of ether oxygens (including phenoxy) is 2. The minimum absolute atomic E-state index is 0.320. The Morgan fingerprint density at radius 2 is 2.36 bits per heavy atom. The van der Waals surface area contributed by atoms with Crippen molar-refractivity contribution in [3.05, 3.63) is 12.2 Å². The van der Waals surface area contributed by atoms with E-state index in [1.165, 1.54) is 0 Å². The van der Waals surface area contributed by atoms with E-state index in [1.807, 2.05) is 7.05 Å². The van der Waals surface area contributed by atoms with E-state index in [2.05, 4.69) is 10.1 Å². The molecule has 0 unspecified atom stereocenters. The maximum Gasteiger partial charge on any atom is 0.152 e. The van der Waals surface area contributed by atoms with Crippen LogP contribution in [-0.2, 0) is 23.1 Å². The Morgan fingerprint density at radius 1 is 1.57 bits per heavy atom. The fourth-order valence-electron chi connectivity index (χ4n) is 1.49. The van der Waals surface area contributed by atoms with Gasteiger partial charge in [-0.1, -0.05) is 0 Å². The highest BCUT2D eigenvalue weighted by Crippen LogP contribution is 2.11. The topological polar surface area (TPSA) is 49.2 Å². The molecular formula is C9H15N3O2. The van der Waals surface area contributed by atoms with Crippen LogP contribution in [0.5, 0.6) is 0 Å². The number of hydrogen-bond acceptors (Lipinski definition) is 4. The summed E-state index contributed by atoms with van der Waals surface area (Å²) in [6, 6.07) is 0. The fraction of sp³-hybridized carbons (Fsp3) is 0.778. The molecule has 1 aliphatic heterocycles. The minimum Gasteiger partial charge on any atom is -0.381 e. The minimum atomic E-state index is 0.320. The summed E-state index contributed by atoms with van der Waals surface area (Å²) in [5.41, 5.74) is 0. The zero-order chi connectivity index (χ0) is 9.80. The van der Waals surface area contributed by atoms with Crippen LogP contribution in [-0.4, -0.2) is 34.1 Å². The van der Waals surface area contributed by atoms with Gasteiger partial charge >= 0.3 is 0 Å². The Hall–Kier alpha value is -0.940. The van der Waals surface area contributed by atoms with Gasteiger partial charge in [0.25, 0.3) is 0 Å². The molecule has 0 spiro atoms. The standard InChI is InChI=1S/C9H15N3O2/c1-12-9(10-7-11-12)6-14-8-2-4-13-5-3-8/h7-8H,2-6H2,1H3. The van der Waals surface area contributed by atoms with Gasteiger partial charge in [0.05, 0.1) is 6.10 Å². The Bertz CT molecular complexity index is 281. The van der Waals surface area contributed by atoms with Gasteiger partial charge in [-0.05, 0) is 12.8 Å². The van der Waals surface area contributed by atoms with Crippen LogP contribution < -0.4 is 0 Å². The van der Waals surface area contributed by atoms with E-state index in [9.17, 15) is 0 Å². The average Bonchev–Trinajstić information content (AvgIpc) is 2.63. The third-order valence-corrected chi connectivity index (χ3v) is 2.42. The van der Waals surface area contributed by atoms with Crippen LogP contribution in [0.2, 0.25) is 0 Å². The first-order valence-electron chi connectivity index (χ1n) is 4.88. The van der Waals surface area contributed by atoms with E-state index in [0.29, 0.717) is 12.7 Å². The van der Waals surface area contributed by atoms with Crippen molar-refractivity contribution in [2.24, 2.45) is 7.05 Å². The van der Waals surface area contributed by atoms with Gasteiger partial charge in [0.2, 0.25) is 0 Å². The number of rotatable bonds is 3. The molecule has 1 aromatic heterocycles. The quantitative estimate of drug-likeness (QED) is 0.708. The summed E-state index contributed by atoms with van der Waals surface area (Å²) in [4.78, 5) is 4.10. The molecule has 1 saturated heterocycles. The van der Waals surface area contributed by atoms with Crippen molar-refractivity contribution in [1.29, 1.82) is 0 Å². The van der Waals surface area contributed by atoms with Gasteiger partial charge in [0.15, 0.2) is 5.82 Å². The van der Waals surface area contributed by atoms with E-state index < -0.39 is 0 Å². The van der Waals surface area contributed by atoms with Gasteiger partial charge in [-0.25, -0.2) is 4.98 Å². The molecule has 5 nitrogen and oxygen atoms in total. The van der Waals surface area contributed by atoms with Crippen LogP contribution in [0.15, 0.2) is 6.33 Å². The number of hydrogen-bond donors (Lipinski definition) is 0. The second kappa shape index (κ2) is 4.52. The molecule has 5 heteroatoms. The summed E-state index contributed by atoms with van der Waals surface area (Å²) in [7, 11) is 1.87. The normalized spacial score (nSPS) is 18.6. The van der Waals surface area contributed by atoms with Gasteiger partial charge in [-0.2, -0.15) is 5.10 Å². The lowest BCUT2D eigenvalue weighted by Gasteiger charge is -2.21. The summed E-state index contributed by atoms with van der Waals surface area (Å²) in [6.07, 6.45) is 3.83. The Morgan fingerprint density at radius 3 is 3.00 bits per heavy atom. The molecule has 0 radical (unpaired) electrons. The van der Waals surface area contributed by atoms with Gasteiger partial charge < -0.3 is 9.47 Å². The van der Waals surface area contributed by atoms with Gasteiger partial charge in [0, 0.05) is 20.3 Å². The summed E-state index contributed by atoms with van der Waals surface area (Å²) < 4.78 is 12.7. The molecule has 0 bridgehead atoms. The van der Waals surface area contributed by atoms with Crippen LogP contribution in [0.25, 0.3) is 0 Å². The molecule has 2 heterocycles. The second-order valence-electron chi connectivity index (χ2n) is 3.42. The molecule has 0 aliphatic carbocycles. The molecule has 0 atom stereocenters. The van der Waals surface area contributed by atoms with E-state index >= 15 is 0 Å². The molecular weight excluding hydrogens is 182 g/mol. The van der Waals surface area contributed by atoms with Gasteiger partial charge in [-0.15, -0.1) is 0 Å². The van der Waals surface area contributed by atoms with Crippen molar-refractivity contribution < 1.29 is 9.47 Å². The van der Waals surface area contributed by atoms with Crippen molar-refractivity contribution in [2.75, 3.05) is 13.2 Å². The summed E-state index contributed by atoms with van der Waals surface area (Å²) in [6.45, 7) is 2.16. The first-order chi connectivity index (χ1) is 6.86. The van der Waals surface area contributed by atoms with Gasteiger partial charge in [-0.3, -0.25) is 4.68 Å². The molecule has 78 valence electrons. The monoisotopic (exact) mass is 197 g/mol. The Kier molecular flexibility index (Phi) is 3.10. The maximum absolute atomic E-state index is 5.70. The third kappa shape index (κ3) is 2.30. The lowest BCUT2D eigenvalue weighted by atomic mass is 10.2. The molecule has 14 heavy (non-hydrogen) atoms. The molecule has 0 aromatic carbocycles. The van der Waals surface area contributed by atoms with E-state index in [4.69, 9.17) is 9.47 Å². The molecule has 0 amide bonds. The average molecular weight is 197 g/mol. The van der Waals surface area contributed by atoms with Crippen molar-refractivity contribution in [3.8, 4) is 0 Å². The highest BCUT2D eigenvalue weighted by atomic mass is 16.5. The smallest absolute Gasteiger partial charge is 0.152 e. The largest absolute Gasteiger partial charge is 0.381 e. The molecule has 0 saturated carbocycles. The third-order valence-electron chi connectivity index (χ3n) is 2.42. The number of nitrogens with zero attached hydrogens (tertiary/aromatic N) is 3. The summed E-state index contributed by atoms with van der Waals surface area (Å²) >= 11 is 0. The zero-order valence-corrected chi connectivity index (χ0v) is 8.35. The van der Waals surface area contributed by atoms with Crippen molar-refractivity contribution in [3.63, 3.8) is 0 Å². The van der Waals surface area contributed by atoms with E-state index in [1.54, 1.807) is 11.0 Å². The number of aryl methyl sites for hydroxylation is 1. The maximum atomic E-state index is 5.70. The summed E-state index contributed by atoms with van der Waals surface area (Å²) in [5, 5.41) is 3.98. The lowest BCUT2D eigenvalue weighted by Crippen LogP contribution is -2.23. The first-order valence-corrected chi connectivity index (χ1v) is 4.88. The lowest BCUT2D eigenvalue weighted by molar-refractivity contribution is -0.0415. The van der Waals surface area contributed by atoms with E-state index in [-0.39, 0.29) is 0 Å². The van der Waals surface area contributed by atoms with Crippen molar-refractivity contribution >= 4 is 0 Å². The molecule has 2 rings (SSSR count). The zero-order valence-electron chi connectivity index (χ0n) is 8.35. The summed E-state index contributed by atoms with van der Waals surface area (Å²) in [5.74, 6) is 0.872. The fourth-order valence-corrected chi connectivity index (χ4v) is 1.49. The predicted molar refractivity (Wildman–Crippen MR) is 49.6 cm³/mol. The highest BCUT2D eigenvalue weighted by molar-refractivity contribution is 4.80. The predicted octanol–water partition coefficient (Wildman–Crippen LogP) is 0.511. The molecule has 1 fully saturated rings. The van der Waals surface area contributed by atoms with Crippen LogP contribution in [0.3, 0.4) is 0 Å². The van der Waals surface area contributed by atoms with Gasteiger partial charge in [0.1, 0.15) is 12.9 Å². The first kappa shape index (κ1) is 9.61. The van der Waals surface area contributed by atoms with Crippen LogP contribution >= 0.6 is 0 Å². The van der Waals surface area contributed by atoms with Crippen molar-refractivity contribution in [2.45, 2.75) is 25.6 Å². The Labute approximate surface area is 83.0 Å². The van der Waals surface area contributed by atoms with Crippen LogP contribution in [0.4, 0.5) is 0 Å². The van der Waals surface area contributed by atoms with Crippen molar-refractivity contribution in [1.82, 2.24) is 14.8 Å². The van der Waals surface area contributed by atoms with E-state index in [0.717, 1.165) is 31.9 Å². The molecule has 1 aromatic rings. The highest BCUT2D eigenvalue weighted by Gasteiger charge is 2.14.